The van der Waals surface area contributed by atoms with Crippen LogP contribution in [0.2, 0.25) is 18.1 Å². The first-order valence-corrected chi connectivity index (χ1v) is 7.93. The van der Waals surface area contributed by atoms with Crippen molar-refractivity contribution in [2.24, 2.45) is 0 Å². The third-order valence-corrected chi connectivity index (χ3v) is 7.14. The molecular formula is C10H22O3Si. The van der Waals surface area contributed by atoms with Gasteiger partial charge in [0.1, 0.15) is 6.10 Å². The predicted molar refractivity (Wildman–Crippen MR) is 59.6 cm³/mol. The van der Waals surface area contributed by atoms with Crippen molar-refractivity contribution in [2.75, 3.05) is 0 Å². The van der Waals surface area contributed by atoms with Crippen molar-refractivity contribution < 1.29 is 14.3 Å². The molecule has 0 saturated carbocycles. The van der Waals surface area contributed by atoms with Gasteiger partial charge in [0.15, 0.2) is 0 Å². The van der Waals surface area contributed by atoms with Crippen LogP contribution in [-0.2, 0) is 9.22 Å². The first-order valence-electron chi connectivity index (χ1n) is 5.02. The molecule has 1 atom stereocenters. The molecule has 1 unspecified atom stereocenters. The Morgan fingerprint density at radius 3 is 2.14 bits per heavy atom. The fourth-order valence-corrected chi connectivity index (χ4v) is 1.58. The molecule has 4 heteroatoms. The van der Waals surface area contributed by atoms with Crippen molar-refractivity contribution >= 4 is 14.3 Å². The van der Waals surface area contributed by atoms with Gasteiger partial charge in [-0.1, -0.05) is 27.7 Å². The van der Waals surface area contributed by atoms with E-state index in [1.165, 1.54) is 0 Å². The molecule has 0 saturated heterocycles. The maximum atomic E-state index is 11.4. The number of hydrogen-bond donors (Lipinski definition) is 1. The highest BCUT2D eigenvalue weighted by Gasteiger charge is 2.41. The molecule has 14 heavy (non-hydrogen) atoms. The van der Waals surface area contributed by atoms with Crippen LogP contribution in [0.1, 0.15) is 34.1 Å². The highest BCUT2D eigenvalue weighted by atomic mass is 28.4. The Bertz CT molecular complexity index is 206. The molecular weight excluding hydrogens is 196 g/mol. The van der Waals surface area contributed by atoms with E-state index >= 15 is 0 Å². The third-order valence-electron chi connectivity index (χ3n) is 2.82. The molecule has 3 nitrogen and oxygen atoms in total. The van der Waals surface area contributed by atoms with Crippen molar-refractivity contribution in [1.29, 1.82) is 0 Å². The lowest BCUT2D eigenvalue weighted by Crippen LogP contribution is -2.45. The predicted octanol–water partition coefficient (Wildman–Crippen LogP) is 2.31. The highest BCUT2D eigenvalue weighted by molar-refractivity contribution is 6.75. The second-order valence-electron chi connectivity index (χ2n) is 5.11. The summed E-state index contributed by atoms with van der Waals surface area (Å²) in [5.41, 5.74) is 0. The van der Waals surface area contributed by atoms with E-state index in [1.54, 1.807) is 6.92 Å². The summed E-state index contributed by atoms with van der Waals surface area (Å²) in [6.07, 6.45) is -0.558. The number of rotatable bonds is 3. The van der Waals surface area contributed by atoms with Gasteiger partial charge in [-0.25, -0.2) is 0 Å². The molecule has 0 amide bonds. The number of aliphatic hydroxyl groups is 1. The summed E-state index contributed by atoms with van der Waals surface area (Å²) < 4.78 is 5.40. The number of hydrogen-bond acceptors (Lipinski definition) is 3. The molecule has 0 aromatic rings. The SMILES string of the molecule is CCC(O)C(=O)O[Si](C)(C)C(C)(C)C. The molecule has 0 heterocycles. The van der Waals surface area contributed by atoms with Gasteiger partial charge in [-0.2, -0.15) is 0 Å². The Morgan fingerprint density at radius 2 is 1.86 bits per heavy atom. The molecule has 84 valence electrons. The molecule has 0 spiro atoms. The summed E-state index contributed by atoms with van der Waals surface area (Å²) in [6, 6.07) is 0. The Balaban J connectivity index is 4.45. The third kappa shape index (κ3) is 3.42. The average molecular weight is 218 g/mol. The topological polar surface area (TPSA) is 46.5 Å². The van der Waals surface area contributed by atoms with Crippen molar-refractivity contribution in [3.8, 4) is 0 Å². The largest absolute Gasteiger partial charge is 0.517 e. The zero-order valence-electron chi connectivity index (χ0n) is 10.0. The van der Waals surface area contributed by atoms with Crippen LogP contribution < -0.4 is 0 Å². The van der Waals surface area contributed by atoms with Crippen LogP contribution in [0.25, 0.3) is 0 Å². The van der Waals surface area contributed by atoms with Gasteiger partial charge in [-0.3, -0.25) is 4.79 Å². The van der Waals surface area contributed by atoms with Crippen LogP contribution in [0.3, 0.4) is 0 Å². The zero-order valence-corrected chi connectivity index (χ0v) is 11.0. The Morgan fingerprint density at radius 1 is 1.43 bits per heavy atom. The average Bonchev–Trinajstić information content (AvgIpc) is 2.00. The number of aliphatic hydroxyl groups excluding tert-OH is 1. The molecule has 0 fully saturated rings. The standard InChI is InChI=1S/C10H22O3Si/c1-7-8(11)9(12)13-14(5,6)10(2,3)4/h8,11H,7H2,1-6H3. The lowest BCUT2D eigenvalue weighted by atomic mass is 10.2. The molecule has 0 aromatic carbocycles. The lowest BCUT2D eigenvalue weighted by molar-refractivity contribution is -0.145. The molecule has 0 aromatic heterocycles. The van der Waals surface area contributed by atoms with Crippen molar-refractivity contribution in [1.82, 2.24) is 0 Å². The van der Waals surface area contributed by atoms with Crippen molar-refractivity contribution in [2.45, 2.75) is 58.4 Å². The second-order valence-corrected chi connectivity index (χ2v) is 9.83. The molecule has 0 bridgehead atoms. The van der Waals surface area contributed by atoms with Crippen LogP contribution in [-0.4, -0.2) is 25.5 Å². The normalized spacial score (nSPS) is 15.1. The van der Waals surface area contributed by atoms with Gasteiger partial charge >= 0.3 is 5.97 Å². The van der Waals surface area contributed by atoms with Crippen LogP contribution >= 0.6 is 0 Å². The molecule has 0 aliphatic rings. The Kier molecular flexibility index (Phi) is 4.33. The van der Waals surface area contributed by atoms with E-state index in [0.717, 1.165) is 0 Å². The first kappa shape index (κ1) is 13.6. The number of carbonyl (C=O) groups is 1. The summed E-state index contributed by atoms with van der Waals surface area (Å²) in [5.74, 6) is -0.473. The maximum Gasteiger partial charge on any atom is 0.321 e. The van der Waals surface area contributed by atoms with E-state index in [1.807, 2.05) is 13.1 Å². The number of carbonyl (C=O) groups excluding carboxylic acids is 1. The van der Waals surface area contributed by atoms with Gasteiger partial charge in [-0.05, 0) is 24.6 Å². The van der Waals surface area contributed by atoms with Gasteiger partial charge in [0.2, 0.25) is 0 Å². The van der Waals surface area contributed by atoms with E-state index in [-0.39, 0.29) is 5.04 Å². The van der Waals surface area contributed by atoms with Crippen LogP contribution in [0.15, 0.2) is 0 Å². The summed E-state index contributed by atoms with van der Waals surface area (Å²) in [7, 11) is -2.06. The molecule has 0 rings (SSSR count). The zero-order chi connectivity index (χ0) is 11.6. The molecule has 0 aliphatic heterocycles. The summed E-state index contributed by atoms with van der Waals surface area (Å²) in [6.45, 7) is 11.9. The fourth-order valence-electron chi connectivity index (χ4n) is 0.639. The van der Waals surface area contributed by atoms with Gasteiger partial charge in [-0.15, -0.1) is 0 Å². The smallest absolute Gasteiger partial charge is 0.321 e. The summed E-state index contributed by atoms with van der Waals surface area (Å²) in [5, 5.41) is 9.30. The summed E-state index contributed by atoms with van der Waals surface area (Å²) in [4.78, 5) is 11.4. The second kappa shape index (κ2) is 4.44. The van der Waals surface area contributed by atoms with E-state index in [2.05, 4.69) is 20.8 Å². The quantitative estimate of drug-likeness (QED) is 0.739. The van der Waals surface area contributed by atoms with E-state index in [0.29, 0.717) is 6.42 Å². The van der Waals surface area contributed by atoms with Crippen molar-refractivity contribution in [3.05, 3.63) is 0 Å². The minimum Gasteiger partial charge on any atom is -0.517 e. The van der Waals surface area contributed by atoms with Gasteiger partial charge < -0.3 is 9.53 Å². The van der Waals surface area contributed by atoms with Gasteiger partial charge in [0.25, 0.3) is 8.32 Å². The molecule has 1 N–H and O–H groups in total. The Hall–Kier alpha value is -0.353. The van der Waals surface area contributed by atoms with E-state index in [4.69, 9.17) is 4.43 Å². The van der Waals surface area contributed by atoms with Crippen LogP contribution in [0, 0.1) is 0 Å². The molecule has 0 aliphatic carbocycles. The summed E-state index contributed by atoms with van der Waals surface area (Å²) >= 11 is 0. The first-order chi connectivity index (χ1) is 6.12. The van der Waals surface area contributed by atoms with E-state index < -0.39 is 20.4 Å². The van der Waals surface area contributed by atoms with Crippen LogP contribution in [0.4, 0.5) is 0 Å². The Labute approximate surface area is 87.6 Å². The lowest BCUT2D eigenvalue weighted by Gasteiger charge is -2.35. The molecule has 0 radical (unpaired) electrons. The van der Waals surface area contributed by atoms with Gasteiger partial charge in [0.05, 0.1) is 0 Å². The fraction of sp³-hybridized carbons (Fsp3) is 0.900. The monoisotopic (exact) mass is 218 g/mol. The minimum atomic E-state index is -2.06. The van der Waals surface area contributed by atoms with E-state index in [9.17, 15) is 9.90 Å². The van der Waals surface area contributed by atoms with Crippen molar-refractivity contribution in [3.63, 3.8) is 0 Å². The van der Waals surface area contributed by atoms with Gasteiger partial charge in [0, 0.05) is 0 Å². The van der Waals surface area contributed by atoms with Crippen LogP contribution in [0.5, 0.6) is 0 Å². The maximum absolute atomic E-state index is 11.4. The minimum absolute atomic E-state index is 0.00385. The highest BCUT2D eigenvalue weighted by Crippen LogP contribution is 2.36.